The van der Waals surface area contributed by atoms with Crippen LogP contribution in [0.5, 0.6) is 17.2 Å². The van der Waals surface area contributed by atoms with Gasteiger partial charge in [0.25, 0.3) is 5.91 Å². The van der Waals surface area contributed by atoms with Crippen molar-refractivity contribution in [3.05, 3.63) is 82.4 Å². The molecule has 0 aliphatic heterocycles. The second kappa shape index (κ2) is 12.1. The molecule has 0 bridgehead atoms. The van der Waals surface area contributed by atoms with Gasteiger partial charge in [0.15, 0.2) is 11.5 Å². The van der Waals surface area contributed by atoms with E-state index in [1.807, 2.05) is 30.3 Å². The lowest BCUT2D eigenvalue weighted by molar-refractivity contribution is -0.120. The average molecular weight is 499 g/mol. The number of amides is 2. The van der Waals surface area contributed by atoms with Crippen LogP contribution in [0.25, 0.3) is 0 Å². The third kappa shape index (κ3) is 6.21. The van der Waals surface area contributed by atoms with Gasteiger partial charge in [-0.15, -0.1) is 0 Å². The molecule has 5 N–H and O–H groups in total. The van der Waals surface area contributed by atoms with Crippen LogP contribution < -0.4 is 36.1 Å². The topological polar surface area (TPSA) is 124 Å². The predicted octanol–water partition coefficient (Wildman–Crippen LogP) is 3.29. The number of nitrogens with two attached hydrogens (primary N) is 1. The van der Waals surface area contributed by atoms with E-state index in [-0.39, 0.29) is 18.0 Å². The minimum absolute atomic E-state index is 0.0427. The zero-order valence-electron chi connectivity index (χ0n) is 19.6. The van der Waals surface area contributed by atoms with Crippen molar-refractivity contribution in [1.29, 1.82) is 0 Å². The van der Waals surface area contributed by atoms with Crippen LogP contribution in [0, 0.1) is 0 Å². The van der Waals surface area contributed by atoms with Crippen LogP contribution >= 0.6 is 11.6 Å². The van der Waals surface area contributed by atoms with Crippen LogP contribution in [0.4, 0.5) is 5.69 Å². The summed E-state index contributed by atoms with van der Waals surface area (Å²) >= 11 is 6.27. The quantitative estimate of drug-likeness (QED) is 0.192. The van der Waals surface area contributed by atoms with Gasteiger partial charge in [-0.05, 0) is 35.4 Å². The van der Waals surface area contributed by atoms with Crippen LogP contribution in [0.3, 0.4) is 0 Å². The van der Waals surface area contributed by atoms with Crippen molar-refractivity contribution in [3.8, 4) is 17.2 Å². The lowest BCUT2D eigenvalue weighted by atomic mass is 9.96. The Bertz CT molecular complexity index is 1160. The zero-order valence-corrected chi connectivity index (χ0v) is 20.3. The van der Waals surface area contributed by atoms with Crippen molar-refractivity contribution in [2.75, 3.05) is 33.2 Å². The van der Waals surface area contributed by atoms with Crippen molar-refractivity contribution in [2.45, 2.75) is 6.04 Å². The Hall–Kier alpha value is -3.79. The number of hydrogen-bond donors (Lipinski definition) is 4. The molecule has 0 unspecified atom stereocenters. The van der Waals surface area contributed by atoms with Gasteiger partial charge in [0.2, 0.25) is 11.7 Å². The summed E-state index contributed by atoms with van der Waals surface area (Å²) in [5, 5.41) is 6.53. The van der Waals surface area contributed by atoms with Crippen molar-refractivity contribution in [1.82, 2.24) is 10.7 Å². The third-order valence-corrected chi connectivity index (χ3v) is 5.50. The Kier molecular flexibility index (Phi) is 8.91. The number of anilines is 1. The van der Waals surface area contributed by atoms with Gasteiger partial charge >= 0.3 is 0 Å². The Morgan fingerprint density at radius 1 is 0.943 bits per heavy atom. The molecule has 0 saturated carbocycles. The molecule has 0 heterocycles. The number of nitrogens with one attached hydrogen (secondary N) is 3. The fourth-order valence-electron chi connectivity index (χ4n) is 3.59. The number of benzene rings is 3. The standard InChI is InChI=1S/C25H27ClN4O5/c1-33-20-11-16(12-21(34-2)24(20)35-3)25(32)29-19-13-17(26)9-10-18(19)23(28-14-22(31)30-27)15-7-5-4-6-8-15/h4-13,23,28H,14,27H2,1-3H3,(H,29,32)(H,30,31)/t23-/m1/s1. The van der Waals surface area contributed by atoms with Crippen LogP contribution in [0.2, 0.25) is 5.02 Å². The zero-order chi connectivity index (χ0) is 25.4. The molecule has 0 radical (unpaired) electrons. The SMILES string of the molecule is COc1cc(C(=O)Nc2cc(Cl)ccc2[C@H](NCC(=O)NN)c2ccccc2)cc(OC)c1OC. The summed E-state index contributed by atoms with van der Waals surface area (Å²) in [7, 11) is 4.43. The number of halogens is 1. The fourth-order valence-corrected chi connectivity index (χ4v) is 3.77. The molecular formula is C25H27ClN4O5. The van der Waals surface area contributed by atoms with Gasteiger partial charge in [-0.2, -0.15) is 0 Å². The molecule has 0 aliphatic rings. The summed E-state index contributed by atoms with van der Waals surface area (Å²) in [6.45, 7) is -0.0427. The van der Waals surface area contributed by atoms with Gasteiger partial charge in [0.1, 0.15) is 0 Å². The number of rotatable bonds is 10. The summed E-state index contributed by atoms with van der Waals surface area (Å²) < 4.78 is 16.1. The summed E-state index contributed by atoms with van der Waals surface area (Å²) in [5.41, 5.74) is 4.44. The van der Waals surface area contributed by atoms with E-state index in [1.165, 1.54) is 21.3 Å². The van der Waals surface area contributed by atoms with Crippen molar-refractivity contribution >= 4 is 29.1 Å². The molecule has 3 aromatic rings. The predicted molar refractivity (Wildman–Crippen MR) is 134 cm³/mol. The van der Waals surface area contributed by atoms with Crippen LogP contribution in [-0.4, -0.2) is 39.7 Å². The first kappa shape index (κ1) is 25.8. The molecular weight excluding hydrogens is 472 g/mol. The second-order valence-corrected chi connectivity index (χ2v) is 7.83. The molecule has 10 heteroatoms. The van der Waals surface area contributed by atoms with Crippen LogP contribution in [0.1, 0.15) is 27.5 Å². The number of carbonyl (C=O) groups is 2. The van der Waals surface area contributed by atoms with Gasteiger partial charge in [-0.3, -0.25) is 20.3 Å². The minimum atomic E-state index is -0.444. The van der Waals surface area contributed by atoms with Gasteiger partial charge < -0.3 is 19.5 Å². The molecule has 0 fully saturated rings. The maximum atomic E-state index is 13.3. The first-order valence-electron chi connectivity index (χ1n) is 10.6. The molecule has 3 rings (SSSR count). The van der Waals surface area contributed by atoms with Gasteiger partial charge in [0, 0.05) is 16.3 Å². The van der Waals surface area contributed by atoms with E-state index in [0.29, 0.717) is 33.5 Å². The highest BCUT2D eigenvalue weighted by Gasteiger charge is 2.22. The molecule has 2 amide bonds. The summed E-state index contributed by atoms with van der Waals surface area (Å²) in [6.07, 6.45) is 0. The van der Waals surface area contributed by atoms with E-state index < -0.39 is 11.9 Å². The molecule has 0 aliphatic carbocycles. The number of hydrogen-bond acceptors (Lipinski definition) is 7. The largest absolute Gasteiger partial charge is 0.493 e. The van der Waals surface area contributed by atoms with E-state index in [2.05, 4.69) is 16.1 Å². The van der Waals surface area contributed by atoms with E-state index >= 15 is 0 Å². The summed E-state index contributed by atoms with van der Waals surface area (Å²) in [5.74, 6) is 5.51. The van der Waals surface area contributed by atoms with E-state index in [4.69, 9.17) is 31.7 Å². The first-order chi connectivity index (χ1) is 16.9. The molecule has 3 aromatic carbocycles. The highest BCUT2D eigenvalue weighted by Crippen LogP contribution is 2.39. The molecule has 1 atom stereocenters. The van der Waals surface area contributed by atoms with Crippen molar-refractivity contribution in [3.63, 3.8) is 0 Å². The van der Waals surface area contributed by atoms with E-state index in [9.17, 15) is 9.59 Å². The van der Waals surface area contributed by atoms with E-state index in [0.717, 1.165) is 5.56 Å². The number of hydrazine groups is 1. The minimum Gasteiger partial charge on any atom is -0.493 e. The highest BCUT2D eigenvalue weighted by molar-refractivity contribution is 6.31. The van der Waals surface area contributed by atoms with Gasteiger partial charge in [-0.25, -0.2) is 5.84 Å². The maximum Gasteiger partial charge on any atom is 0.255 e. The maximum absolute atomic E-state index is 13.3. The molecule has 184 valence electrons. The second-order valence-electron chi connectivity index (χ2n) is 7.39. The lowest BCUT2D eigenvalue weighted by Gasteiger charge is -2.23. The normalized spacial score (nSPS) is 11.3. The van der Waals surface area contributed by atoms with Crippen LogP contribution in [-0.2, 0) is 4.79 Å². The molecule has 35 heavy (non-hydrogen) atoms. The highest BCUT2D eigenvalue weighted by atomic mass is 35.5. The van der Waals surface area contributed by atoms with Crippen molar-refractivity contribution in [2.24, 2.45) is 5.84 Å². The molecule has 0 spiro atoms. The molecule has 0 aromatic heterocycles. The first-order valence-corrected chi connectivity index (χ1v) is 11.0. The number of carbonyl (C=O) groups excluding carboxylic acids is 2. The molecule has 9 nitrogen and oxygen atoms in total. The molecule has 0 saturated heterocycles. The Morgan fingerprint density at radius 3 is 2.17 bits per heavy atom. The smallest absolute Gasteiger partial charge is 0.255 e. The Morgan fingerprint density at radius 2 is 1.60 bits per heavy atom. The Balaban J connectivity index is 2.01. The number of ether oxygens (including phenoxy) is 3. The van der Waals surface area contributed by atoms with Crippen LogP contribution in [0.15, 0.2) is 60.7 Å². The monoisotopic (exact) mass is 498 g/mol. The third-order valence-electron chi connectivity index (χ3n) is 5.26. The average Bonchev–Trinajstić information content (AvgIpc) is 2.89. The lowest BCUT2D eigenvalue weighted by Crippen LogP contribution is -2.39. The van der Waals surface area contributed by atoms with Crippen molar-refractivity contribution < 1.29 is 23.8 Å². The van der Waals surface area contributed by atoms with E-state index in [1.54, 1.807) is 30.3 Å². The number of methoxy groups -OCH3 is 3. The summed E-state index contributed by atoms with van der Waals surface area (Å²) in [4.78, 5) is 25.1. The van der Waals surface area contributed by atoms with Gasteiger partial charge in [0.05, 0.1) is 33.9 Å². The Labute approximate surface area is 208 Å². The summed E-state index contributed by atoms with van der Waals surface area (Å²) in [6, 6.07) is 17.3. The van der Waals surface area contributed by atoms with Gasteiger partial charge in [-0.1, -0.05) is 48.0 Å². The fraction of sp³-hybridized carbons (Fsp3) is 0.200.